The molecule has 4 heteroatoms. The summed E-state index contributed by atoms with van der Waals surface area (Å²) in [5.41, 5.74) is 0.727. The Hall–Kier alpha value is -1.29. The molecule has 0 atom stereocenters. The fourth-order valence-electron chi connectivity index (χ4n) is 1.63. The predicted octanol–water partition coefficient (Wildman–Crippen LogP) is 2.07. The van der Waals surface area contributed by atoms with Crippen LogP contribution in [0.4, 0.5) is 0 Å². The van der Waals surface area contributed by atoms with E-state index in [-0.39, 0.29) is 5.76 Å². The first kappa shape index (κ1) is 11.8. The van der Waals surface area contributed by atoms with E-state index in [1.165, 1.54) is 6.26 Å². The van der Waals surface area contributed by atoms with Gasteiger partial charge in [-0.05, 0) is 19.0 Å². The highest BCUT2D eigenvalue weighted by Crippen LogP contribution is 2.13. The molecule has 0 amide bonds. The summed E-state index contributed by atoms with van der Waals surface area (Å²) in [5.74, 6) is -0.395. The van der Waals surface area contributed by atoms with Gasteiger partial charge in [-0.15, -0.1) is 0 Å². The lowest BCUT2D eigenvalue weighted by atomic mass is 10.2. The monoisotopic (exact) mass is 211 g/mol. The summed E-state index contributed by atoms with van der Waals surface area (Å²) in [6, 6.07) is 1.71. The van der Waals surface area contributed by atoms with Gasteiger partial charge in [0, 0.05) is 18.7 Å². The molecular formula is C11H17NO3. The van der Waals surface area contributed by atoms with Gasteiger partial charge in [0.2, 0.25) is 5.76 Å². The summed E-state index contributed by atoms with van der Waals surface area (Å²) in [5, 5.41) is 8.84. The van der Waals surface area contributed by atoms with Gasteiger partial charge in [0.15, 0.2) is 0 Å². The molecule has 84 valence electrons. The number of carbonyl (C=O) groups is 1. The number of hydrogen-bond donors (Lipinski definition) is 1. The topological polar surface area (TPSA) is 53.7 Å². The van der Waals surface area contributed by atoms with Crippen LogP contribution in [0.15, 0.2) is 16.7 Å². The summed E-state index contributed by atoms with van der Waals surface area (Å²) < 4.78 is 4.91. The highest BCUT2D eigenvalue weighted by atomic mass is 16.4. The first-order valence-corrected chi connectivity index (χ1v) is 4.99. The normalized spacial score (nSPS) is 11.3. The Morgan fingerprint density at radius 3 is 2.80 bits per heavy atom. The van der Waals surface area contributed by atoms with Gasteiger partial charge in [0.05, 0.1) is 6.26 Å². The van der Waals surface area contributed by atoms with E-state index in [4.69, 9.17) is 9.52 Å². The van der Waals surface area contributed by atoms with Gasteiger partial charge in [-0.2, -0.15) is 0 Å². The van der Waals surface area contributed by atoms with Crippen LogP contribution in [0.1, 0.15) is 30.0 Å². The summed E-state index contributed by atoms with van der Waals surface area (Å²) in [6.07, 6.45) is 1.42. The SMILES string of the molecule is CC(C)CN(C)Cc1ccoc1C(=O)O. The summed E-state index contributed by atoms with van der Waals surface area (Å²) in [6.45, 7) is 5.80. The minimum Gasteiger partial charge on any atom is -0.475 e. The zero-order valence-corrected chi connectivity index (χ0v) is 9.36. The van der Waals surface area contributed by atoms with E-state index in [0.717, 1.165) is 12.1 Å². The van der Waals surface area contributed by atoms with Crippen molar-refractivity contribution < 1.29 is 14.3 Å². The average molecular weight is 211 g/mol. The van der Waals surface area contributed by atoms with Crippen LogP contribution in [0.2, 0.25) is 0 Å². The lowest BCUT2D eigenvalue weighted by molar-refractivity contribution is 0.0659. The van der Waals surface area contributed by atoms with E-state index in [2.05, 4.69) is 18.7 Å². The molecule has 1 rings (SSSR count). The molecule has 0 aliphatic heterocycles. The maximum atomic E-state index is 10.8. The molecule has 0 radical (unpaired) electrons. The number of hydrogen-bond acceptors (Lipinski definition) is 3. The first-order valence-electron chi connectivity index (χ1n) is 4.99. The van der Waals surface area contributed by atoms with Crippen LogP contribution >= 0.6 is 0 Å². The van der Waals surface area contributed by atoms with E-state index in [9.17, 15) is 4.79 Å². The summed E-state index contributed by atoms with van der Waals surface area (Å²) >= 11 is 0. The van der Waals surface area contributed by atoms with Crippen molar-refractivity contribution in [2.24, 2.45) is 5.92 Å². The Morgan fingerprint density at radius 2 is 2.27 bits per heavy atom. The minimum absolute atomic E-state index is 0.0469. The van der Waals surface area contributed by atoms with Gasteiger partial charge >= 0.3 is 5.97 Å². The molecule has 0 fully saturated rings. The lowest BCUT2D eigenvalue weighted by Crippen LogP contribution is -2.23. The Kier molecular flexibility index (Phi) is 3.91. The van der Waals surface area contributed by atoms with Gasteiger partial charge in [-0.1, -0.05) is 13.8 Å². The van der Waals surface area contributed by atoms with E-state index in [1.54, 1.807) is 6.07 Å². The van der Waals surface area contributed by atoms with Crippen LogP contribution in [-0.2, 0) is 6.54 Å². The minimum atomic E-state index is -1.01. The third kappa shape index (κ3) is 3.40. The van der Waals surface area contributed by atoms with E-state index in [0.29, 0.717) is 12.5 Å². The molecular weight excluding hydrogens is 194 g/mol. The van der Waals surface area contributed by atoms with Crippen LogP contribution in [0, 0.1) is 5.92 Å². The van der Waals surface area contributed by atoms with Crippen LogP contribution in [0.5, 0.6) is 0 Å². The van der Waals surface area contributed by atoms with Crippen molar-refractivity contribution >= 4 is 5.97 Å². The maximum Gasteiger partial charge on any atom is 0.372 e. The van der Waals surface area contributed by atoms with Crippen LogP contribution < -0.4 is 0 Å². The van der Waals surface area contributed by atoms with Gasteiger partial charge in [0.1, 0.15) is 0 Å². The van der Waals surface area contributed by atoms with Crippen molar-refractivity contribution in [3.63, 3.8) is 0 Å². The molecule has 0 spiro atoms. The molecule has 15 heavy (non-hydrogen) atoms. The quantitative estimate of drug-likeness (QED) is 0.810. The number of rotatable bonds is 5. The molecule has 0 unspecified atom stereocenters. The number of carboxylic acid groups (broad SMARTS) is 1. The molecule has 0 bridgehead atoms. The fourth-order valence-corrected chi connectivity index (χ4v) is 1.63. The molecule has 0 aromatic carbocycles. The Morgan fingerprint density at radius 1 is 1.60 bits per heavy atom. The van der Waals surface area contributed by atoms with Crippen molar-refractivity contribution in [1.29, 1.82) is 0 Å². The molecule has 0 aliphatic rings. The molecule has 1 aromatic rings. The number of nitrogens with zero attached hydrogens (tertiary/aromatic N) is 1. The smallest absolute Gasteiger partial charge is 0.372 e. The number of carboxylic acids is 1. The molecule has 0 aliphatic carbocycles. The van der Waals surface area contributed by atoms with E-state index in [1.807, 2.05) is 7.05 Å². The van der Waals surface area contributed by atoms with Crippen molar-refractivity contribution in [2.45, 2.75) is 20.4 Å². The van der Waals surface area contributed by atoms with Crippen molar-refractivity contribution in [1.82, 2.24) is 4.90 Å². The van der Waals surface area contributed by atoms with Crippen molar-refractivity contribution in [2.75, 3.05) is 13.6 Å². The second kappa shape index (κ2) is 4.98. The molecule has 4 nitrogen and oxygen atoms in total. The third-order valence-corrected chi connectivity index (χ3v) is 2.06. The number of aromatic carboxylic acids is 1. The Balaban J connectivity index is 2.64. The van der Waals surface area contributed by atoms with E-state index < -0.39 is 5.97 Å². The van der Waals surface area contributed by atoms with Crippen LogP contribution in [-0.4, -0.2) is 29.6 Å². The molecule has 0 saturated heterocycles. The fraction of sp³-hybridized carbons (Fsp3) is 0.545. The van der Waals surface area contributed by atoms with Gasteiger partial charge in [-0.3, -0.25) is 0 Å². The number of furan rings is 1. The second-order valence-electron chi connectivity index (χ2n) is 4.17. The standard InChI is InChI=1S/C11H17NO3/c1-8(2)6-12(3)7-9-4-5-15-10(9)11(13)14/h4-5,8H,6-7H2,1-3H3,(H,13,14). The first-order chi connectivity index (χ1) is 7.00. The van der Waals surface area contributed by atoms with Gasteiger partial charge in [-0.25, -0.2) is 4.79 Å². The third-order valence-electron chi connectivity index (χ3n) is 2.06. The Bertz CT molecular complexity index is 330. The van der Waals surface area contributed by atoms with Crippen LogP contribution in [0.25, 0.3) is 0 Å². The highest BCUT2D eigenvalue weighted by molar-refractivity contribution is 5.86. The second-order valence-corrected chi connectivity index (χ2v) is 4.17. The van der Waals surface area contributed by atoms with Gasteiger partial charge < -0.3 is 14.4 Å². The Labute approximate surface area is 89.5 Å². The summed E-state index contributed by atoms with van der Waals surface area (Å²) in [4.78, 5) is 12.9. The predicted molar refractivity (Wildman–Crippen MR) is 56.8 cm³/mol. The summed E-state index contributed by atoms with van der Waals surface area (Å²) in [7, 11) is 1.97. The average Bonchev–Trinajstić information content (AvgIpc) is 2.50. The van der Waals surface area contributed by atoms with Crippen molar-refractivity contribution in [3.05, 3.63) is 23.7 Å². The maximum absolute atomic E-state index is 10.8. The van der Waals surface area contributed by atoms with Crippen LogP contribution in [0.3, 0.4) is 0 Å². The molecule has 1 heterocycles. The zero-order chi connectivity index (χ0) is 11.4. The largest absolute Gasteiger partial charge is 0.475 e. The molecule has 0 saturated carbocycles. The van der Waals surface area contributed by atoms with Gasteiger partial charge in [0.25, 0.3) is 0 Å². The zero-order valence-electron chi connectivity index (χ0n) is 9.36. The van der Waals surface area contributed by atoms with Crippen molar-refractivity contribution in [3.8, 4) is 0 Å². The molecule has 1 N–H and O–H groups in total. The van der Waals surface area contributed by atoms with E-state index >= 15 is 0 Å². The highest BCUT2D eigenvalue weighted by Gasteiger charge is 2.15. The lowest BCUT2D eigenvalue weighted by Gasteiger charge is -2.18. The molecule has 1 aromatic heterocycles.